The molecule has 1 atom stereocenters. The summed E-state index contributed by atoms with van der Waals surface area (Å²) in [7, 11) is 0. The molecule has 2 amide bonds. The van der Waals surface area contributed by atoms with Gasteiger partial charge in [-0.05, 0) is 60.3 Å². The maximum Gasteiger partial charge on any atom is 0.251 e. The van der Waals surface area contributed by atoms with Gasteiger partial charge in [0.25, 0.3) is 5.91 Å². The first-order valence-electron chi connectivity index (χ1n) is 12.8. The van der Waals surface area contributed by atoms with Crippen molar-refractivity contribution in [2.45, 2.75) is 44.3 Å². The van der Waals surface area contributed by atoms with E-state index in [0.717, 1.165) is 30.8 Å². The van der Waals surface area contributed by atoms with Crippen LogP contribution in [0.5, 0.6) is 0 Å². The molecule has 2 fully saturated rings. The van der Waals surface area contributed by atoms with Crippen molar-refractivity contribution in [1.29, 1.82) is 0 Å². The predicted octanol–water partition coefficient (Wildman–Crippen LogP) is 5.38. The Morgan fingerprint density at radius 3 is 2.28 bits per heavy atom. The number of carbonyl (C=O) groups is 2. The van der Waals surface area contributed by atoms with Crippen molar-refractivity contribution in [3.8, 4) is 0 Å². The molecule has 6 heteroatoms. The minimum absolute atomic E-state index is 0.0310. The van der Waals surface area contributed by atoms with Crippen LogP contribution in [0.1, 0.15) is 57.2 Å². The van der Waals surface area contributed by atoms with Crippen molar-refractivity contribution in [2.75, 3.05) is 18.8 Å². The minimum Gasteiger partial charge on any atom is -0.348 e. The number of carbonyl (C=O) groups excluding carboxylic acids is 2. The van der Waals surface area contributed by atoms with Gasteiger partial charge in [-0.15, -0.1) is 11.8 Å². The summed E-state index contributed by atoms with van der Waals surface area (Å²) < 4.78 is 0. The van der Waals surface area contributed by atoms with E-state index in [0.29, 0.717) is 24.4 Å². The van der Waals surface area contributed by atoms with Crippen LogP contribution in [-0.2, 0) is 24.4 Å². The number of amides is 2. The van der Waals surface area contributed by atoms with E-state index >= 15 is 0 Å². The monoisotopic (exact) mass is 499 g/mol. The van der Waals surface area contributed by atoms with Crippen molar-refractivity contribution in [3.63, 3.8) is 0 Å². The van der Waals surface area contributed by atoms with E-state index in [4.69, 9.17) is 0 Å². The van der Waals surface area contributed by atoms with Crippen LogP contribution in [0.2, 0.25) is 0 Å². The van der Waals surface area contributed by atoms with Crippen LogP contribution in [0.25, 0.3) is 0 Å². The second kappa shape index (κ2) is 11.8. The summed E-state index contributed by atoms with van der Waals surface area (Å²) in [5.74, 6) is 0.556. The molecule has 2 aliphatic heterocycles. The Bertz CT molecular complexity index is 1180. The molecule has 0 bridgehead atoms. The number of hydrogen-bond acceptors (Lipinski definition) is 4. The summed E-state index contributed by atoms with van der Waals surface area (Å²) in [6, 6.07) is 26.2. The molecule has 1 unspecified atom stereocenters. The van der Waals surface area contributed by atoms with Crippen molar-refractivity contribution >= 4 is 23.6 Å². The fourth-order valence-electron chi connectivity index (χ4n) is 5.00. The third-order valence-electron chi connectivity index (χ3n) is 7.02. The first-order chi connectivity index (χ1) is 17.7. The number of likely N-dealkylation sites (tertiary alicyclic amines) is 1. The first kappa shape index (κ1) is 24.6. The molecule has 2 aliphatic rings. The zero-order valence-corrected chi connectivity index (χ0v) is 21.4. The van der Waals surface area contributed by atoms with Gasteiger partial charge in [0.2, 0.25) is 5.91 Å². The van der Waals surface area contributed by atoms with E-state index in [-0.39, 0.29) is 17.2 Å². The second-order valence-corrected chi connectivity index (χ2v) is 10.6. The third-order valence-corrected chi connectivity index (χ3v) is 8.28. The SMILES string of the molecule is O=C(NCc1ccccc1CN1CCCCC1)c1ccc(C2SCC(=O)N2Cc2ccccc2)cc1. The molecule has 2 saturated heterocycles. The molecule has 1 N–H and O–H groups in total. The molecule has 0 aliphatic carbocycles. The zero-order valence-electron chi connectivity index (χ0n) is 20.6. The summed E-state index contributed by atoms with van der Waals surface area (Å²) in [6.45, 7) is 4.36. The van der Waals surface area contributed by atoms with Crippen LogP contribution in [0.3, 0.4) is 0 Å². The van der Waals surface area contributed by atoms with E-state index < -0.39 is 0 Å². The summed E-state index contributed by atoms with van der Waals surface area (Å²) in [6.07, 6.45) is 3.87. The molecule has 5 nitrogen and oxygen atoms in total. The smallest absolute Gasteiger partial charge is 0.251 e. The van der Waals surface area contributed by atoms with Gasteiger partial charge in [-0.3, -0.25) is 14.5 Å². The Labute approximate surface area is 217 Å². The Morgan fingerprint density at radius 1 is 0.833 bits per heavy atom. The lowest BCUT2D eigenvalue weighted by atomic mass is 10.0. The van der Waals surface area contributed by atoms with Gasteiger partial charge < -0.3 is 10.2 Å². The normalized spacial score (nSPS) is 18.4. The highest BCUT2D eigenvalue weighted by Gasteiger charge is 2.32. The molecule has 2 heterocycles. The average Bonchev–Trinajstić information content (AvgIpc) is 3.29. The number of thioether (sulfide) groups is 1. The van der Waals surface area contributed by atoms with E-state index in [1.54, 1.807) is 11.8 Å². The molecule has 3 aromatic carbocycles. The summed E-state index contributed by atoms with van der Waals surface area (Å²) in [4.78, 5) is 29.9. The van der Waals surface area contributed by atoms with Crippen molar-refractivity contribution in [2.24, 2.45) is 0 Å². The molecule has 186 valence electrons. The van der Waals surface area contributed by atoms with Crippen LogP contribution in [0.4, 0.5) is 0 Å². The van der Waals surface area contributed by atoms with Crippen LogP contribution in [0, 0.1) is 0 Å². The second-order valence-electron chi connectivity index (χ2n) is 9.58. The number of hydrogen-bond donors (Lipinski definition) is 1. The lowest BCUT2D eigenvalue weighted by Gasteiger charge is -2.27. The van der Waals surface area contributed by atoms with Gasteiger partial charge in [0.1, 0.15) is 5.37 Å². The molecule has 36 heavy (non-hydrogen) atoms. The van der Waals surface area contributed by atoms with Crippen LogP contribution in [-0.4, -0.2) is 40.5 Å². The Morgan fingerprint density at radius 2 is 1.53 bits per heavy atom. The molecule has 5 rings (SSSR count). The molecular formula is C30H33N3O2S. The highest BCUT2D eigenvalue weighted by Crippen LogP contribution is 2.39. The molecule has 0 aromatic heterocycles. The topological polar surface area (TPSA) is 52.7 Å². The average molecular weight is 500 g/mol. The van der Waals surface area contributed by atoms with Crippen molar-refractivity contribution in [1.82, 2.24) is 15.1 Å². The quantitative estimate of drug-likeness (QED) is 0.452. The number of nitrogens with one attached hydrogen (secondary N) is 1. The zero-order chi connectivity index (χ0) is 24.7. The minimum atomic E-state index is -0.0781. The van der Waals surface area contributed by atoms with Crippen molar-refractivity contribution < 1.29 is 9.59 Å². The predicted molar refractivity (Wildman–Crippen MR) is 145 cm³/mol. The van der Waals surface area contributed by atoms with Crippen LogP contribution in [0.15, 0.2) is 78.9 Å². The van der Waals surface area contributed by atoms with E-state index in [9.17, 15) is 9.59 Å². The standard InChI is InChI=1S/C30H33N3O2S/c34-28-22-36-30(33(28)20-23-9-3-1-4-10-23)25-15-13-24(14-16-25)29(35)31-19-26-11-5-6-12-27(26)21-32-17-7-2-8-18-32/h1,3-6,9-16,30H,2,7-8,17-22H2,(H,31,35). The van der Waals surface area contributed by atoms with Gasteiger partial charge >= 0.3 is 0 Å². The van der Waals surface area contributed by atoms with Crippen molar-refractivity contribution in [3.05, 3.63) is 107 Å². The lowest BCUT2D eigenvalue weighted by molar-refractivity contribution is -0.128. The number of nitrogens with zero attached hydrogens (tertiary/aromatic N) is 2. The molecular weight excluding hydrogens is 466 g/mol. The molecule has 3 aromatic rings. The summed E-state index contributed by atoms with van der Waals surface area (Å²) >= 11 is 1.64. The Balaban J connectivity index is 1.20. The van der Waals surface area contributed by atoms with Crippen LogP contribution >= 0.6 is 11.8 Å². The van der Waals surface area contributed by atoms with E-state index in [1.807, 2.05) is 65.6 Å². The van der Waals surface area contributed by atoms with Crippen LogP contribution < -0.4 is 5.32 Å². The van der Waals surface area contributed by atoms with Gasteiger partial charge in [0.15, 0.2) is 0 Å². The van der Waals surface area contributed by atoms with Gasteiger partial charge in [0.05, 0.1) is 5.75 Å². The van der Waals surface area contributed by atoms with E-state index in [2.05, 4.69) is 28.4 Å². The number of rotatable bonds is 8. The van der Waals surface area contributed by atoms with E-state index in [1.165, 1.54) is 30.4 Å². The Hall–Kier alpha value is -3.09. The van der Waals surface area contributed by atoms with Gasteiger partial charge in [-0.1, -0.05) is 73.2 Å². The fraction of sp³-hybridized carbons (Fsp3) is 0.333. The highest BCUT2D eigenvalue weighted by atomic mass is 32.2. The molecule has 0 spiro atoms. The third kappa shape index (κ3) is 6.00. The van der Waals surface area contributed by atoms with Gasteiger partial charge in [-0.25, -0.2) is 0 Å². The maximum atomic E-state index is 12.9. The molecule has 0 saturated carbocycles. The largest absolute Gasteiger partial charge is 0.348 e. The molecule has 0 radical (unpaired) electrons. The van der Waals surface area contributed by atoms with Gasteiger partial charge in [0, 0.05) is 25.2 Å². The lowest BCUT2D eigenvalue weighted by Crippen LogP contribution is -2.30. The van der Waals surface area contributed by atoms with Gasteiger partial charge in [-0.2, -0.15) is 0 Å². The highest BCUT2D eigenvalue weighted by molar-refractivity contribution is 8.00. The first-order valence-corrected chi connectivity index (χ1v) is 13.8. The maximum absolute atomic E-state index is 12.9. The Kier molecular flexibility index (Phi) is 8.04. The summed E-state index contributed by atoms with van der Waals surface area (Å²) in [5.41, 5.74) is 5.26. The number of piperidine rings is 1. The number of benzene rings is 3. The summed E-state index contributed by atoms with van der Waals surface area (Å²) in [5, 5.41) is 3.07. The fourth-order valence-corrected chi connectivity index (χ4v) is 6.19.